The van der Waals surface area contributed by atoms with Gasteiger partial charge in [-0.2, -0.15) is 0 Å². The van der Waals surface area contributed by atoms with E-state index in [0.717, 1.165) is 5.56 Å². The predicted octanol–water partition coefficient (Wildman–Crippen LogP) is 2.18. The molecule has 0 radical (unpaired) electrons. The number of aromatic nitrogens is 1. The van der Waals surface area contributed by atoms with Gasteiger partial charge in [0.15, 0.2) is 5.69 Å². The molecular weight excluding hydrogens is 284 g/mol. The van der Waals surface area contributed by atoms with Crippen molar-refractivity contribution in [2.24, 2.45) is 0 Å². The molecule has 19 heavy (non-hydrogen) atoms. The number of carbonyl (C=O) groups excluding carboxylic acids is 1. The van der Waals surface area contributed by atoms with E-state index in [1.807, 2.05) is 18.4 Å². The number of thiazole rings is 1. The number of hydrogen-bond donors (Lipinski definition) is 2. The Labute approximate surface area is 117 Å². The van der Waals surface area contributed by atoms with E-state index in [2.05, 4.69) is 10.3 Å². The molecule has 2 rings (SSSR count). The Morgan fingerprint density at radius 3 is 2.74 bits per heavy atom. The van der Waals surface area contributed by atoms with Gasteiger partial charge in [0.25, 0.3) is 5.91 Å². The molecule has 0 saturated heterocycles. The van der Waals surface area contributed by atoms with Crippen molar-refractivity contribution in [1.29, 1.82) is 0 Å². The molecule has 0 saturated carbocycles. The molecule has 0 atom stereocenters. The summed E-state index contributed by atoms with van der Waals surface area (Å²) in [5.74, 6) is -1.13. The van der Waals surface area contributed by atoms with Crippen molar-refractivity contribution in [2.75, 3.05) is 6.54 Å². The van der Waals surface area contributed by atoms with Crippen LogP contribution in [0, 0.1) is 6.92 Å². The first kappa shape index (κ1) is 13.7. The summed E-state index contributed by atoms with van der Waals surface area (Å²) in [4.78, 5) is 27.0. The molecule has 0 fully saturated rings. The van der Waals surface area contributed by atoms with Crippen molar-refractivity contribution in [3.8, 4) is 0 Å². The monoisotopic (exact) mass is 296 g/mol. The Morgan fingerprint density at radius 1 is 1.37 bits per heavy atom. The third kappa shape index (κ3) is 3.62. The highest BCUT2D eigenvalue weighted by Crippen LogP contribution is 2.13. The molecule has 0 aliphatic rings. The maximum atomic E-state index is 11.7. The summed E-state index contributed by atoms with van der Waals surface area (Å²) in [6.45, 7) is 2.39. The lowest BCUT2D eigenvalue weighted by Crippen LogP contribution is -2.24. The molecule has 0 bridgehead atoms. The molecule has 5 nitrogen and oxygen atoms in total. The zero-order chi connectivity index (χ0) is 13.8. The van der Waals surface area contributed by atoms with E-state index in [-0.39, 0.29) is 11.6 Å². The number of aryl methyl sites for hydroxylation is 1. The van der Waals surface area contributed by atoms with Gasteiger partial charge < -0.3 is 10.4 Å². The Bertz CT molecular complexity index is 604. The van der Waals surface area contributed by atoms with Gasteiger partial charge >= 0.3 is 5.97 Å². The number of amides is 1. The third-order valence-electron chi connectivity index (χ3n) is 2.35. The number of carboxylic acid groups (broad SMARTS) is 1. The van der Waals surface area contributed by atoms with Crippen LogP contribution in [0.4, 0.5) is 0 Å². The first-order chi connectivity index (χ1) is 9.06. The molecule has 2 N–H and O–H groups in total. The van der Waals surface area contributed by atoms with E-state index in [4.69, 9.17) is 5.11 Å². The third-order valence-corrected chi connectivity index (χ3v) is 4.31. The maximum Gasteiger partial charge on any atom is 0.355 e. The van der Waals surface area contributed by atoms with E-state index in [1.54, 1.807) is 0 Å². The minimum atomic E-state index is -1.03. The van der Waals surface area contributed by atoms with Crippen LogP contribution >= 0.6 is 22.7 Å². The van der Waals surface area contributed by atoms with Crippen LogP contribution in [0.2, 0.25) is 0 Å². The van der Waals surface area contributed by atoms with Gasteiger partial charge in [-0.25, -0.2) is 9.78 Å². The Hall–Kier alpha value is -1.73. The second kappa shape index (κ2) is 5.94. The molecule has 0 spiro atoms. The van der Waals surface area contributed by atoms with E-state index in [1.165, 1.54) is 28.1 Å². The Balaban J connectivity index is 1.83. The lowest BCUT2D eigenvalue weighted by Gasteiger charge is -2.01. The maximum absolute atomic E-state index is 11.7. The van der Waals surface area contributed by atoms with E-state index < -0.39 is 5.97 Å². The fraction of sp³-hybridized carbons (Fsp3) is 0.250. The van der Waals surface area contributed by atoms with Gasteiger partial charge in [0.1, 0.15) is 0 Å². The summed E-state index contributed by atoms with van der Waals surface area (Å²) in [7, 11) is 0. The summed E-state index contributed by atoms with van der Waals surface area (Å²) >= 11 is 2.70. The van der Waals surface area contributed by atoms with Crippen molar-refractivity contribution in [2.45, 2.75) is 13.3 Å². The number of hydrogen-bond acceptors (Lipinski definition) is 5. The number of carboxylic acids is 1. The highest BCUT2D eigenvalue weighted by Gasteiger charge is 2.10. The molecule has 0 aliphatic heterocycles. The second-order valence-corrected chi connectivity index (χ2v) is 5.78. The van der Waals surface area contributed by atoms with Crippen LogP contribution in [0.5, 0.6) is 0 Å². The lowest BCUT2D eigenvalue weighted by atomic mass is 10.3. The van der Waals surface area contributed by atoms with Crippen molar-refractivity contribution >= 4 is 34.6 Å². The average Bonchev–Trinajstić information content (AvgIpc) is 2.98. The van der Waals surface area contributed by atoms with Crippen molar-refractivity contribution in [1.82, 2.24) is 10.3 Å². The molecule has 1 amide bonds. The van der Waals surface area contributed by atoms with Crippen molar-refractivity contribution < 1.29 is 14.7 Å². The van der Waals surface area contributed by atoms with Crippen LogP contribution in [0.1, 0.15) is 30.7 Å². The van der Waals surface area contributed by atoms with E-state index in [9.17, 15) is 9.59 Å². The molecule has 0 aliphatic carbocycles. The van der Waals surface area contributed by atoms with Crippen LogP contribution < -0.4 is 5.32 Å². The summed E-state index contributed by atoms with van der Waals surface area (Å²) in [5.41, 5.74) is 1.13. The van der Waals surface area contributed by atoms with E-state index >= 15 is 0 Å². The molecule has 100 valence electrons. The zero-order valence-electron chi connectivity index (χ0n) is 10.2. The van der Waals surface area contributed by atoms with Crippen LogP contribution in [0.15, 0.2) is 16.8 Å². The van der Waals surface area contributed by atoms with Crippen molar-refractivity contribution in [3.05, 3.63) is 38.0 Å². The van der Waals surface area contributed by atoms with Crippen LogP contribution in [0.3, 0.4) is 0 Å². The smallest absolute Gasteiger partial charge is 0.355 e. The molecule has 2 aromatic heterocycles. The number of carbonyl (C=O) groups is 2. The number of thiophene rings is 1. The SMILES string of the molecule is Cc1csc(C(=O)NCCc2nc(C(=O)O)cs2)c1. The molecular formula is C12H12N2O3S2. The quantitative estimate of drug-likeness (QED) is 0.886. The highest BCUT2D eigenvalue weighted by molar-refractivity contribution is 7.12. The Kier molecular flexibility index (Phi) is 4.28. The summed E-state index contributed by atoms with van der Waals surface area (Å²) in [6.07, 6.45) is 0.536. The first-order valence-corrected chi connectivity index (χ1v) is 7.33. The molecule has 2 aromatic rings. The summed E-state index contributed by atoms with van der Waals surface area (Å²) < 4.78 is 0. The van der Waals surface area contributed by atoms with Crippen LogP contribution in [0.25, 0.3) is 0 Å². The minimum Gasteiger partial charge on any atom is -0.476 e. The number of aromatic carboxylic acids is 1. The largest absolute Gasteiger partial charge is 0.476 e. The molecule has 0 unspecified atom stereocenters. The topological polar surface area (TPSA) is 79.3 Å². The average molecular weight is 296 g/mol. The van der Waals surface area contributed by atoms with Crippen molar-refractivity contribution in [3.63, 3.8) is 0 Å². The van der Waals surface area contributed by atoms with Crippen LogP contribution in [-0.2, 0) is 6.42 Å². The minimum absolute atomic E-state index is 0.0557. The summed E-state index contributed by atoms with van der Waals surface area (Å²) in [5, 5.41) is 15.7. The van der Waals surface area contributed by atoms with Gasteiger partial charge in [0.05, 0.1) is 9.88 Å². The van der Waals surface area contributed by atoms with Gasteiger partial charge in [-0.05, 0) is 23.9 Å². The Morgan fingerprint density at radius 2 is 2.16 bits per heavy atom. The first-order valence-electron chi connectivity index (χ1n) is 5.57. The zero-order valence-corrected chi connectivity index (χ0v) is 11.8. The number of nitrogens with zero attached hydrogens (tertiary/aromatic N) is 1. The van der Waals surface area contributed by atoms with Gasteiger partial charge in [-0.3, -0.25) is 4.79 Å². The molecule has 7 heteroatoms. The fourth-order valence-corrected chi connectivity index (χ4v) is 3.03. The lowest BCUT2D eigenvalue weighted by molar-refractivity contribution is 0.0690. The normalized spacial score (nSPS) is 10.4. The van der Waals surface area contributed by atoms with Crippen LogP contribution in [-0.4, -0.2) is 28.5 Å². The van der Waals surface area contributed by atoms with Gasteiger partial charge in [-0.15, -0.1) is 22.7 Å². The molecule has 2 heterocycles. The summed E-state index contributed by atoms with van der Waals surface area (Å²) in [6, 6.07) is 1.84. The predicted molar refractivity (Wildman–Crippen MR) is 74.2 cm³/mol. The number of nitrogens with one attached hydrogen (secondary N) is 1. The molecule has 0 aromatic carbocycles. The van der Waals surface area contributed by atoms with Gasteiger partial charge in [0.2, 0.25) is 0 Å². The number of rotatable bonds is 5. The fourth-order valence-electron chi connectivity index (χ4n) is 1.44. The highest BCUT2D eigenvalue weighted by atomic mass is 32.1. The van der Waals surface area contributed by atoms with Gasteiger partial charge in [-0.1, -0.05) is 0 Å². The van der Waals surface area contributed by atoms with E-state index in [0.29, 0.717) is 22.9 Å². The standard InChI is InChI=1S/C12H12N2O3S2/c1-7-4-9(18-5-7)11(15)13-3-2-10-14-8(6-19-10)12(16)17/h4-6H,2-3H2,1H3,(H,13,15)(H,16,17). The van der Waals surface area contributed by atoms with Gasteiger partial charge in [0, 0.05) is 18.3 Å². The second-order valence-electron chi connectivity index (χ2n) is 3.93.